The summed E-state index contributed by atoms with van der Waals surface area (Å²) in [6.45, 7) is 9.68. The maximum atomic E-state index is 13.1. The van der Waals surface area contributed by atoms with E-state index in [1.165, 1.54) is 0 Å². The van der Waals surface area contributed by atoms with Gasteiger partial charge in [-0.05, 0) is 76.9 Å². The van der Waals surface area contributed by atoms with Crippen LogP contribution < -0.4 is 5.32 Å². The quantitative estimate of drug-likeness (QED) is 0.617. The summed E-state index contributed by atoms with van der Waals surface area (Å²) in [7, 11) is -3.61. The number of hydrogen-bond donors (Lipinski definition) is 2. The van der Waals surface area contributed by atoms with Crippen molar-refractivity contribution in [3.05, 3.63) is 59.3 Å². The normalized spacial score (nSPS) is 12.2. The van der Waals surface area contributed by atoms with E-state index in [2.05, 4.69) is 10.3 Å². The fraction of sp³-hybridized carbons (Fsp3) is 0.348. The summed E-state index contributed by atoms with van der Waals surface area (Å²) < 4.78 is 31.4. The number of carbonyl (C=O) groups excluding carboxylic acids is 1. The molecule has 6 nitrogen and oxygen atoms in total. The molecule has 3 aromatic rings. The minimum absolute atomic E-state index is 0.249. The number of alkyl carbamates (subject to hydrolysis) is 1. The molecule has 3 rings (SSSR count). The van der Waals surface area contributed by atoms with Crippen molar-refractivity contribution in [3.8, 4) is 0 Å². The molecule has 0 saturated carbocycles. The highest BCUT2D eigenvalue weighted by Gasteiger charge is 2.20. The molecule has 1 heterocycles. The zero-order valence-corrected chi connectivity index (χ0v) is 18.8. The molecule has 0 aliphatic rings. The number of sulfone groups is 1. The molecule has 0 saturated heterocycles. The standard InChI is InChI=1S/C23H28N2O4S/c1-15-6-8-17(9-7-15)30(27,28)18-10-11-21-20(14-18)19(16(2)25-21)12-13-24-22(26)29-23(3,4)5/h6-11,14,25H,12-13H2,1-5H3,(H,24,26). The Labute approximate surface area is 177 Å². The fourth-order valence-corrected chi connectivity index (χ4v) is 4.59. The van der Waals surface area contributed by atoms with Gasteiger partial charge in [0.1, 0.15) is 5.60 Å². The van der Waals surface area contributed by atoms with E-state index < -0.39 is 21.5 Å². The molecule has 0 bridgehead atoms. The molecule has 0 spiro atoms. The highest BCUT2D eigenvalue weighted by molar-refractivity contribution is 7.91. The number of H-pyrrole nitrogens is 1. The molecule has 0 atom stereocenters. The SMILES string of the molecule is Cc1ccc(S(=O)(=O)c2ccc3[nH]c(C)c(CCNC(=O)OC(C)(C)C)c3c2)cc1. The van der Waals surface area contributed by atoms with E-state index in [-0.39, 0.29) is 9.79 Å². The zero-order chi connectivity index (χ0) is 22.1. The second kappa shape index (κ2) is 8.14. The number of benzene rings is 2. The minimum atomic E-state index is -3.61. The number of carbonyl (C=O) groups is 1. The topological polar surface area (TPSA) is 88.3 Å². The fourth-order valence-electron chi connectivity index (χ4n) is 3.31. The van der Waals surface area contributed by atoms with Gasteiger partial charge in [0.25, 0.3) is 0 Å². The van der Waals surface area contributed by atoms with Crippen molar-refractivity contribution in [2.45, 2.75) is 56.4 Å². The van der Waals surface area contributed by atoms with Crippen LogP contribution in [0.2, 0.25) is 0 Å². The molecule has 0 radical (unpaired) electrons. The van der Waals surface area contributed by atoms with Crippen molar-refractivity contribution >= 4 is 26.8 Å². The average Bonchev–Trinajstić information content (AvgIpc) is 2.95. The molecule has 30 heavy (non-hydrogen) atoms. The second-order valence-electron chi connectivity index (χ2n) is 8.43. The van der Waals surface area contributed by atoms with Crippen LogP contribution in [0.5, 0.6) is 0 Å². The van der Waals surface area contributed by atoms with Gasteiger partial charge in [-0.3, -0.25) is 0 Å². The molecule has 7 heteroatoms. The number of aromatic nitrogens is 1. The second-order valence-corrected chi connectivity index (χ2v) is 10.4. The lowest BCUT2D eigenvalue weighted by Crippen LogP contribution is -2.33. The molecule has 2 aromatic carbocycles. The van der Waals surface area contributed by atoms with Gasteiger partial charge in [-0.1, -0.05) is 17.7 Å². The van der Waals surface area contributed by atoms with E-state index >= 15 is 0 Å². The van der Waals surface area contributed by atoms with Crippen LogP contribution in [0.3, 0.4) is 0 Å². The van der Waals surface area contributed by atoms with Gasteiger partial charge in [0, 0.05) is 23.1 Å². The highest BCUT2D eigenvalue weighted by atomic mass is 32.2. The zero-order valence-electron chi connectivity index (χ0n) is 18.0. The maximum Gasteiger partial charge on any atom is 0.407 e. The van der Waals surface area contributed by atoms with Crippen LogP contribution in [0.1, 0.15) is 37.6 Å². The molecule has 1 aromatic heterocycles. The maximum absolute atomic E-state index is 13.1. The van der Waals surface area contributed by atoms with Gasteiger partial charge in [0.15, 0.2) is 0 Å². The lowest BCUT2D eigenvalue weighted by Gasteiger charge is -2.19. The predicted molar refractivity (Wildman–Crippen MR) is 118 cm³/mol. The summed E-state index contributed by atoms with van der Waals surface area (Å²) in [5.74, 6) is 0. The first-order valence-corrected chi connectivity index (χ1v) is 11.4. The minimum Gasteiger partial charge on any atom is -0.444 e. The summed E-state index contributed by atoms with van der Waals surface area (Å²) in [6, 6.07) is 12.0. The van der Waals surface area contributed by atoms with Crippen molar-refractivity contribution in [3.63, 3.8) is 0 Å². The Bertz CT molecular complexity index is 1170. The van der Waals surface area contributed by atoms with Crippen molar-refractivity contribution in [1.29, 1.82) is 0 Å². The summed E-state index contributed by atoms with van der Waals surface area (Å²) in [4.78, 5) is 15.7. The van der Waals surface area contributed by atoms with Crippen LogP contribution in [-0.4, -0.2) is 31.6 Å². The number of nitrogens with one attached hydrogen (secondary N) is 2. The number of rotatable bonds is 5. The monoisotopic (exact) mass is 428 g/mol. The first-order chi connectivity index (χ1) is 14.0. The number of aromatic amines is 1. The van der Waals surface area contributed by atoms with E-state index in [1.807, 2.05) is 34.6 Å². The summed E-state index contributed by atoms with van der Waals surface area (Å²) >= 11 is 0. The van der Waals surface area contributed by atoms with Gasteiger partial charge in [-0.25, -0.2) is 13.2 Å². The first-order valence-electron chi connectivity index (χ1n) is 9.87. The van der Waals surface area contributed by atoms with Crippen molar-refractivity contribution in [2.75, 3.05) is 6.54 Å². The lowest BCUT2D eigenvalue weighted by atomic mass is 10.1. The van der Waals surface area contributed by atoms with Crippen LogP contribution in [0, 0.1) is 13.8 Å². The Balaban J connectivity index is 1.86. The van der Waals surface area contributed by atoms with Gasteiger partial charge in [-0.2, -0.15) is 0 Å². The van der Waals surface area contributed by atoms with Gasteiger partial charge < -0.3 is 15.0 Å². The van der Waals surface area contributed by atoms with E-state index in [9.17, 15) is 13.2 Å². The first kappa shape index (κ1) is 21.9. The van der Waals surface area contributed by atoms with Gasteiger partial charge in [0.05, 0.1) is 9.79 Å². The number of aryl methyl sites for hydroxylation is 2. The van der Waals surface area contributed by atoms with E-state index in [0.29, 0.717) is 13.0 Å². The molecule has 0 unspecified atom stereocenters. The largest absolute Gasteiger partial charge is 0.444 e. The van der Waals surface area contributed by atoms with Crippen LogP contribution in [0.25, 0.3) is 10.9 Å². The van der Waals surface area contributed by atoms with Crippen molar-refractivity contribution in [1.82, 2.24) is 10.3 Å². The van der Waals surface area contributed by atoms with Crippen molar-refractivity contribution in [2.24, 2.45) is 0 Å². The third-order valence-corrected chi connectivity index (χ3v) is 6.54. The van der Waals surface area contributed by atoms with E-state index in [0.717, 1.165) is 27.7 Å². The number of hydrogen-bond acceptors (Lipinski definition) is 4. The lowest BCUT2D eigenvalue weighted by molar-refractivity contribution is 0.0528. The number of fused-ring (bicyclic) bond motifs is 1. The smallest absolute Gasteiger partial charge is 0.407 e. The molecular formula is C23H28N2O4S. The van der Waals surface area contributed by atoms with Crippen LogP contribution in [0.15, 0.2) is 52.3 Å². The molecule has 0 aliphatic heterocycles. The Morgan fingerprint density at radius 1 is 1.03 bits per heavy atom. The van der Waals surface area contributed by atoms with E-state index in [4.69, 9.17) is 4.74 Å². The molecule has 2 N–H and O–H groups in total. The third kappa shape index (κ3) is 4.84. The number of amides is 1. The predicted octanol–water partition coefficient (Wildman–Crippen LogP) is 4.68. The van der Waals surface area contributed by atoms with Crippen LogP contribution in [-0.2, 0) is 21.0 Å². The summed E-state index contributed by atoms with van der Waals surface area (Å²) in [5, 5.41) is 3.59. The Kier molecular flexibility index (Phi) is 5.94. The summed E-state index contributed by atoms with van der Waals surface area (Å²) in [6.07, 6.45) is 0.0849. The van der Waals surface area contributed by atoms with E-state index in [1.54, 1.807) is 42.5 Å². The Morgan fingerprint density at radius 2 is 1.67 bits per heavy atom. The molecule has 0 aliphatic carbocycles. The molecule has 0 fully saturated rings. The number of ether oxygens (including phenoxy) is 1. The van der Waals surface area contributed by atoms with Crippen LogP contribution in [0.4, 0.5) is 4.79 Å². The summed E-state index contributed by atoms with van der Waals surface area (Å²) in [5.41, 5.74) is 3.23. The molecule has 1 amide bonds. The van der Waals surface area contributed by atoms with Gasteiger partial charge in [-0.15, -0.1) is 0 Å². The third-order valence-electron chi connectivity index (χ3n) is 4.78. The van der Waals surface area contributed by atoms with Crippen LogP contribution >= 0.6 is 0 Å². The average molecular weight is 429 g/mol. The van der Waals surface area contributed by atoms with Gasteiger partial charge in [0.2, 0.25) is 9.84 Å². The Morgan fingerprint density at radius 3 is 2.30 bits per heavy atom. The Hall–Kier alpha value is -2.80. The molecule has 160 valence electrons. The van der Waals surface area contributed by atoms with Crippen molar-refractivity contribution < 1.29 is 17.9 Å². The van der Waals surface area contributed by atoms with Gasteiger partial charge >= 0.3 is 6.09 Å². The highest BCUT2D eigenvalue weighted by Crippen LogP contribution is 2.28. The molecular weight excluding hydrogens is 400 g/mol.